The van der Waals surface area contributed by atoms with Crippen molar-refractivity contribution in [1.29, 1.82) is 0 Å². The first-order valence-corrected chi connectivity index (χ1v) is 7.12. The fourth-order valence-electron chi connectivity index (χ4n) is 1.80. The molecule has 0 aliphatic heterocycles. The third kappa shape index (κ3) is 4.59. The molecule has 0 saturated heterocycles. The lowest BCUT2D eigenvalue weighted by Crippen LogP contribution is -2.04. The summed E-state index contributed by atoms with van der Waals surface area (Å²) in [7, 11) is 0. The SMILES string of the molecule is CCCCc1ccc(Oc2nc(N)nc(OCC)n2)cc1. The number of ether oxygens (including phenoxy) is 2. The summed E-state index contributed by atoms with van der Waals surface area (Å²) in [5, 5.41) is 0. The van der Waals surface area contributed by atoms with Crippen molar-refractivity contribution in [3.8, 4) is 17.8 Å². The van der Waals surface area contributed by atoms with E-state index >= 15 is 0 Å². The van der Waals surface area contributed by atoms with Gasteiger partial charge in [0.1, 0.15) is 5.75 Å². The van der Waals surface area contributed by atoms with E-state index in [2.05, 4.69) is 21.9 Å². The molecule has 1 aromatic heterocycles. The van der Waals surface area contributed by atoms with Gasteiger partial charge >= 0.3 is 12.0 Å². The lowest BCUT2D eigenvalue weighted by atomic mass is 10.1. The van der Waals surface area contributed by atoms with Crippen molar-refractivity contribution in [3.05, 3.63) is 29.8 Å². The second-order valence-electron chi connectivity index (χ2n) is 4.54. The zero-order chi connectivity index (χ0) is 15.1. The van der Waals surface area contributed by atoms with E-state index in [9.17, 15) is 0 Å². The Hall–Kier alpha value is -2.37. The predicted octanol–water partition coefficient (Wildman–Crippen LogP) is 2.99. The summed E-state index contributed by atoms with van der Waals surface area (Å²) in [6, 6.07) is 8.17. The highest BCUT2D eigenvalue weighted by Gasteiger charge is 2.07. The highest BCUT2D eigenvalue weighted by atomic mass is 16.5. The van der Waals surface area contributed by atoms with Crippen LogP contribution < -0.4 is 15.2 Å². The van der Waals surface area contributed by atoms with Crippen LogP contribution in [0.4, 0.5) is 5.95 Å². The summed E-state index contributed by atoms with van der Waals surface area (Å²) in [6.45, 7) is 4.48. The van der Waals surface area contributed by atoms with E-state index in [0.717, 1.165) is 6.42 Å². The quantitative estimate of drug-likeness (QED) is 0.843. The molecule has 2 N–H and O–H groups in total. The molecule has 2 rings (SSSR count). The summed E-state index contributed by atoms with van der Waals surface area (Å²) in [5.74, 6) is 0.728. The molecular weight excluding hydrogens is 268 g/mol. The Morgan fingerprint density at radius 1 is 1.00 bits per heavy atom. The second-order valence-corrected chi connectivity index (χ2v) is 4.54. The minimum atomic E-state index is 0.0722. The van der Waals surface area contributed by atoms with Gasteiger partial charge in [-0.15, -0.1) is 4.98 Å². The molecule has 0 radical (unpaired) electrons. The van der Waals surface area contributed by atoms with Gasteiger partial charge in [-0.05, 0) is 37.5 Å². The van der Waals surface area contributed by atoms with Crippen molar-refractivity contribution in [2.45, 2.75) is 33.1 Å². The number of aromatic nitrogens is 3. The Kier molecular flexibility index (Phi) is 5.31. The topological polar surface area (TPSA) is 83.2 Å². The molecule has 0 aliphatic rings. The highest BCUT2D eigenvalue weighted by molar-refractivity contribution is 5.30. The van der Waals surface area contributed by atoms with Gasteiger partial charge in [-0.25, -0.2) is 0 Å². The first kappa shape index (κ1) is 15.0. The van der Waals surface area contributed by atoms with Gasteiger partial charge in [0.2, 0.25) is 5.95 Å². The summed E-state index contributed by atoms with van der Waals surface area (Å²) >= 11 is 0. The molecule has 1 heterocycles. The van der Waals surface area contributed by atoms with E-state index in [1.807, 2.05) is 31.2 Å². The number of anilines is 1. The number of benzene rings is 1. The minimum Gasteiger partial charge on any atom is -0.464 e. The Morgan fingerprint density at radius 3 is 2.38 bits per heavy atom. The number of nitrogens with zero attached hydrogens (tertiary/aromatic N) is 3. The summed E-state index contributed by atoms with van der Waals surface area (Å²) in [5.41, 5.74) is 6.89. The lowest BCUT2D eigenvalue weighted by molar-refractivity contribution is 0.304. The van der Waals surface area contributed by atoms with E-state index in [0.29, 0.717) is 12.4 Å². The lowest BCUT2D eigenvalue weighted by Gasteiger charge is -2.07. The van der Waals surface area contributed by atoms with Crippen molar-refractivity contribution in [2.24, 2.45) is 0 Å². The molecule has 0 spiro atoms. The van der Waals surface area contributed by atoms with Crippen LogP contribution in [0.5, 0.6) is 17.8 Å². The first-order chi connectivity index (χ1) is 10.2. The van der Waals surface area contributed by atoms with Gasteiger partial charge in [0.15, 0.2) is 0 Å². The minimum absolute atomic E-state index is 0.0722. The van der Waals surface area contributed by atoms with Gasteiger partial charge in [0, 0.05) is 0 Å². The summed E-state index contributed by atoms with van der Waals surface area (Å²) in [4.78, 5) is 11.8. The average Bonchev–Trinajstić information content (AvgIpc) is 2.46. The predicted molar refractivity (Wildman–Crippen MR) is 80.5 cm³/mol. The number of nitrogen functional groups attached to an aromatic ring is 1. The second kappa shape index (κ2) is 7.42. The van der Waals surface area contributed by atoms with Crippen LogP contribution in [0, 0.1) is 0 Å². The van der Waals surface area contributed by atoms with Crippen LogP contribution in [0.3, 0.4) is 0 Å². The molecule has 0 saturated carbocycles. The van der Waals surface area contributed by atoms with Gasteiger partial charge in [-0.1, -0.05) is 25.5 Å². The molecule has 0 bridgehead atoms. The summed E-state index contributed by atoms with van der Waals surface area (Å²) in [6.07, 6.45) is 3.44. The van der Waals surface area contributed by atoms with Crippen molar-refractivity contribution < 1.29 is 9.47 Å². The van der Waals surface area contributed by atoms with Gasteiger partial charge in [-0.2, -0.15) is 9.97 Å². The van der Waals surface area contributed by atoms with E-state index in [-0.39, 0.29) is 18.0 Å². The average molecular weight is 288 g/mol. The Morgan fingerprint density at radius 2 is 1.71 bits per heavy atom. The summed E-state index contributed by atoms with van der Waals surface area (Å²) < 4.78 is 10.8. The van der Waals surface area contributed by atoms with Crippen LogP contribution in [0.15, 0.2) is 24.3 Å². The van der Waals surface area contributed by atoms with Crippen LogP contribution in [0.1, 0.15) is 32.3 Å². The number of rotatable bonds is 7. The molecule has 112 valence electrons. The Labute approximate surface area is 124 Å². The van der Waals surface area contributed by atoms with Crippen molar-refractivity contribution in [2.75, 3.05) is 12.3 Å². The van der Waals surface area contributed by atoms with Crippen LogP contribution >= 0.6 is 0 Å². The maximum absolute atomic E-state index is 5.60. The van der Waals surface area contributed by atoms with E-state index in [1.165, 1.54) is 18.4 Å². The van der Waals surface area contributed by atoms with Gasteiger partial charge in [0.25, 0.3) is 0 Å². The van der Waals surface area contributed by atoms with Crippen LogP contribution in [0.25, 0.3) is 0 Å². The third-order valence-electron chi connectivity index (χ3n) is 2.84. The number of aryl methyl sites for hydroxylation is 1. The fourth-order valence-corrected chi connectivity index (χ4v) is 1.80. The molecular formula is C15H20N4O2. The smallest absolute Gasteiger partial charge is 0.330 e. The standard InChI is InChI=1S/C15H20N4O2/c1-3-5-6-11-7-9-12(10-8-11)21-15-18-13(16)17-14(19-15)20-4-2/h7-10H,3-6H2,1-2H3,(H2,16,17,18,19). The van der Waals surface area contributed by atoms with Gasteiger partial charge in [0.05, 0.1) is 6.61 Å². The molecule has 21 heavy (non-hydrogen) atoms. The Bertz CT molecular complexity index is 572. The third-order valence-corrected chi connectivity index (χ3v) is 2.84. The zero-order valence-electron chi connectivity index (χ0n) is 12.4. The van der Waals surface area contributed by atoms with Crippen LogP contribution in [-0.2, 0) is 6.42 Å². The number of hydrogen-bond acceptors (Lipinski definition) is 6. The van der Waals surface area contributed by atoms with Crippen LogP contribution in [0.2, 0.25) is 0 Å². The van der Waals surface area contributed by atoms with Gasteiger partial charge < -0.3 is 15.2 Å². The number of nitrogens with two attached hydrogens (primary N) is 1. The van der Waals surface area contributed by atoms with Crippen molar-refractivity contribution in [3.63, 3.8) is 0 Å². The number of hydrogen-bond donors (Lipinski definition) is 1. The highest BCUT2D eigenvalue weighted by Crippen LogP contribution is 2.21. The Balaban J connectivity index is 2.07. The molecule has 1 aromatic carbocycles. The molecule has 0 aliphatic carbocycles. The van der Waals surface area contributed by atoms with Gasteiger partial charge in [-0.3, -0.25) is 0 Å². The molecule has 6 heteroatoms. The monoisotopic (exact) mass is 288 g/mol. The molecule has 0 amide bonds. The van der Waals surface area contributed by atoms with E-state index in [1.54, 1.807) is 0 Å². The fraction of sp³-hybridized carbons (Fsp3) is 0.400. The van der Waals surface area contributed by atoms with E-state index in [4.69, 9.17) is 15.2 Å². The molecule has 6 nitrogen and oxygen atoms in total. The van der Waals surface area contributed by atoms with Crippen LogP contribution in [-0.4, -0.2) is 21.6 Å². The van der Waals surface area contributed by atoms with Crippen molar-refractivity contribution >= 4 is 5.95 Å². The largest absolute Gasteiger partial charge is 0.464 e. The van der Waals surface area contributed by atoms with E-state index < -0.39 is 0 Å². The maximum atomic E-state index is 5.60. The molecule has 2 aromatic rings. The van der Waals surface area contributed by atoms with Crippen molar-refractivity contribution in [1.82, 2.24) is 15.0 Å². The zero-order valence-corrected chi connectivity index (χ0v) is 12.4. The first-order valence-electron chi connectivity index (χ1n) is 7.12. The molecule has 0 fully saturated rings. The molecule has 0 atom stereocenters. The maximum Gasteiger partial charge on any atom is 0.330 e. The normalized spacial score (nSPS) is 10.4. The molecule has 0 unspecified atom stereocenters. The number of unbranched alkanes of at least 4 members (excludes halogenated alkanes) is 1.